The fourth-order valence-electron chi connectivity index (χ4n) is 1.50. The summed E-state index contributed by atoms with van der Waals surface area (Å²) in [6.07, 6.45) is 1.62. The molecule has 1 aromatic carbocycles. The Morgan fingerprint density at radius 1 is 1.41 bits per heavy atom. The Balaban J connectivity index is 2.02. The van der Waals surface area contributed by atoms with Crippen LogP contribution in [0.5, 0.6) is 0 Å². The summed E-state index contributed by atoms with van der Waals surface area (Å²) >= 11 is 3.00. The third kappa shape index (κ3) is 1.89. The van der Waals surface area contributed by atoms with Crippen molar-refractivity contribution in [1.29, 1.82) is 0 Å². The van der Waals surface area contributed by atoms with E-state index in [2.05, 4.69) is 9.97 Å². The molecule has 2 heterocycles. The number of anilines is 1. The average molecular weight is 263 g/mol. The molecule has 0 aliphatic carbocycles. The summed E-state index contributed by atoms with van der Waals surface area (Å²) in [7, 11) is 0. The number of aryl methyl sites for hydroxylation is 1. The normalized spacial score (nSPS) is 11.1. The molecule has 0 amide bonds. The molecule has 0 unspecified atom stereocenters. The van der Waals surface area contributed by atoms with Gasteiger partial charge in [-0.3, -0.25) is 0 Å². The van der Waals surface area contributed by atoms with Crippen molar-refractivity contribution < 1.29 is 4.42 Å². The molecule has 6 heteroatoms. The lowest BCUT2D eigenvalue weighted by molar-refractivity contribution is 0.454. The highest BCUT2D eigenvalue weighted by Crippen LogP contribution is 2.36. The fraction of sp³-hybridized carbons (Fsp3) is 0.0909. The maximum atomic E-state index is 6.07. The molecule has 0 aliphatic rings. The zero-order chi connectivity index (χ0) is 11.8. The minimum absolute atomic E-state index is 0.601. The predicted octanol–water partition coefficient (Wildman–Crippen LogP) is 3.33. The van der Waals surface area contributed by atoms with Gasteiger partial charge in [0.15, 0.2) is 0 Å². The van der Waals surface area contributed by atoms with Crippen molar-refractivity contribution in [2.24, 2.45) is 0 Å². The summed E-state index contributed by atoms with van der Waals surface area (Å²) in [5, 5.41) is 0.601. The number of aromatic nitrogens is 2. The van der Waals surface area contributed by atoms with Crippen molar-refractivity contribution in [2.45, 2.75) is 17.0 Å². The van der Waals surface area contributed by atoms with Gasteiger partial charge in [-0.05, 0) is 30.8 Å². The van der Waals surface area contributed by atoms with Gasteiger partial charge in [0.05, 0.1) is 21.6 Å². The van der Waals surface area contributed by atoms with Gasteiger partial charge in [0.25, 0.3) is 5.22 Å². The van der Waals surface area contributed by atoms with Gasteiger partial charge in [0, 0.05) is 4.90 Å². The van der Waals surface area contributed by atoms with E-state index in [9.17, 15) is 0 Å². The van der Waals surface area contributed by atoms with Gasteiger partial charge in [-0.15, -0.1) is 11.3 Å². The molecule has 2 N–H and O–H groups in total. The molecular formula is C11H9N3OS2. The molecule has 0 atom stereocenters. The van der Waals surface area contributed by atoms with Crippen molar-refractivity contribution in [3.05, 3.63) is 29.6 Å². The second-order valence-corrected chi connectivity index (χ2v) is 5.41. The first-order valence-corrected chi connectivity index (χ1v) is 6.65. The van der Waals surface area contributed by atoms with Crippen molar-refractivity contribution in [3.63, 3.8) is 0 Å². The van der Waals surface area contributed by atoms with E-state index in [4.69, 9.17) is 10.2 Å². The summed E-state index contributed by atoms with van der Waals surface area (Å²) in [4.78, 5) is 9.41. The Morgan fingerprint density at radius 2 is 2.29 bits per heavy atom. The van der Waals surface area contributed by atoms with Crippen LogP contribution in [-0.2, 0) is 0 Å². The summed E-state index contributed by atoms with van der Waals surface area (Å²) < 4.78 is 6.39. The number of hydrogen-bond acceptors (Lipinski definition) is 6. The largest absolute Gasteiger partial charge is 0.439 e. The Kier molecular flexibility index (Phi) is 2.53. The zero-order valence-corrected chi connectivity index (χ0v) is 10.6. The first-order chi connectivity index (χ1) is 8.24. The Labute approximate surface area is 106 Å². The van der Waals surface area contributed by atoms with Gasteiger partial charge in [-0.25, -0.2) is 9.97 Å². The van der Waals surface area contributed by atoms with E-state index in [-0.39, 0.29) is 0 Å². The number of nitrogen functional groups attached to an aromatic ring is 1. The van der Waals surface area contributed by atoms with E-state index in [1.807, 2.05) is 19.1 Å². The van der Waals surface area contributed by atoms with Crippen molar-refractivity contribution >= 4 is 39.0 Å². The number of fused-ring (bicyclic) bond motifs is 1. The highest BCUT2D eigenvalue weighted by Gasteiger charge is 2.10. The number of rotatable bonds is 2. The molecule has 17 heavy (non-hydrogen) atoms. The third-order valence-corrected chi connectivity index (χ3v) is 4.03. The van der Waals surface area contributed by atoms with E-state index in [0.29, 0.717) is 10.9 Å². The lowest BCUT2D eigenvalue weighted by atomic mass is 10.3. The molecule has 86 valence electrons. The number of nitrogens with zero attached hydrogens (tertiary/aromatic N) is 2. The second kappa shape index (κ2) is 4.05. The summed E-state index contributed by atoms with van der Waals surface area (Å²) in [5.41, 5.74) is 10.3. The first-order valence-electron chi connectivity index (χ1n) is 4.95. The number of benzene rings is 1. The van der Waals surface area contributed by atoms with Gasteiger partial charge >= 0.3 is 0 Å². The highest BCUT2D eigenvalue weighted by molar-refractivity contribution is 7.99. The number of oxazole rings is 1. The molecule has 0 saturated carbocycles. The molecule has 0 aliphatic heterocycles. The van der Waals surface area contributed by atoms with Gasteiger partial charge in [-0.2, -0.15) is 0 Å². The SMILES string of the molecule is Cc1coc(Sc2ccc3scnc3c2N)n1. The van der Waals surface area contributed by atoms with Crippen LogP contribution in [0.25, 0.3) is 10.2 Å². The lowest BCUT2D eigenvalue weighted by Crippen LogP contribution is -1.90. The second-order valence-electron chi connectivity index (χ2n) is 3.53. The first kappa shape index (κ1) is 10.6. The van der Waals surface area contributed by atoms with E-state index in [1.54, 1.807) is 23.1 Å². The average Bonchev–Trinajstić information content (AvgIpc) is 2.92. The Bertz CT molecular complexity index is 674. The summed E-state index contributed by atoms with van der Waals surface area (Å²) in [5.74, 6) is 0. The molecule has 0 radical (unpaired) electrons. The smallest absolute Gasteiger partial charge is 0.260 e. The molecule has 4 nitrogen and oxygen atoms in total. The molecule has 0 saturated heterocycles. The van der Waals surface area contributed by atoms with Crippen molar-refractivity contribution in [3.8, 4) is 0 Å². The van der Waals surface area contributed by atoms with Crippen LogP contribution in [0.15, 0.2) is 38.4 Å². The molecular weight excluding hydrogens is 254 g/mol. The predicted molar refractivity (Wildman–Crippen MR) is 69.4 cm³/mol. The maximum absolute atomic E-state index is 6.07. The van der Waals surface area contributed by atoms with Crippen molar-refractivity contribution in [1.82, 2.24) is 9.97 Å². The summed E-state index contributed by atoms with van der Waals surface area (Å²) in [6, 6.07) is 3.99. The Morgan fingerprint density at radius 3 is 3.06 bits per heavy atom. The summed E-state index contributed by atoms with van der Waals surface area (Å²) in [6.45, 7) is 1.89. The van der Waals surface area contributed by atoms with Gasteiger partial charge in [0.2, 0.25) is 0 Å². The number of nitrogens with two attached hydrogens (primary N) is 1. The molecule has 0 spiro atoms. The van der Waals surface area contributed by atoms with Crippen molar-refractivity contribution in [2.75, 3.05) is 5.73 Å². The minimum atomic E-state index is 0.601. The molecule has 0 bridgehead atoms. The maximum Gasteiger partial charge on any atom is 0.260 e. The van der Waals surface area contributed by atoms with Gasteiger partial charge < -0.3 is 10.2 Å². The van der Waals surface area contributed by atoms with Crippen LogP contribution in [0.2, 0.25) is 0 Å². The van der Waals surface area contributed by atoms with Gasteiger partial charge in [0.1, 0.15) is 11.8 Å². The minimum Gasteiger partial charge on any atom is -0.439 e. The van der Waals surface area contributed by atoms with Gasteiger partial charge in [-0.1, -0.05) is 0 Å². The van der Waals surface area contributed by atoms with E-state index in [0.717, 1.165) is 20.8 Å². The van der Waals surface area contributed by atoms with Crippen LogP contribution in [0.4, 0.5) is 5.69 Å². The fourth-order valence-corrected chi connectivity index (χ4v) is 3.01. The quantitative estimate of drug-likeness (QED) is 0.718. The Hall–Kier alpha value is -1.53. The van der Waals surface area contributed by atoms with E-state index < -0.39 is 0 Å². The third-order valence-electron chi connectivity index (χ3n) is 2.30. The van der Waals surface area contributed by atoms with E-state index in [1.165, 1.54) is 11.8 Å². The molecule has 3 aromatic rings. The van der Waals surface area contributed by atoms with Crippen LogP contribution >= 0.6 is 23.1 Å². The molecule has 2 aromatic heterocycles. The molecule has 3 rings (SSSR count). The standard InChI is InChI=1S/C11H9N3OS2/c1-6-4-15-11(14-6)17-7-2-3-8-10(9(7)12)13-5-16-8/h2-5H,12H2,1H3. The van der Waals surface area contributed by atoms with Crippen LogP contribution in [0.3, 0.4) is 0 Å². The van der Waals surface area contributed by atoms with Crippen LogP contribution < -0.4 is 5.73 Å². The monoisotopic (exact) mass is 263 g/mol. The zero-order valence-electron chi connectivity index (χ0n) is 9.01. The lowest BCUT2D eigenvalue weighted by Gasteiger charge is -2.02. The molecule has 0 fully saturated rings. The highest BCUT2D eigenvalue weighted by atomic mass is 32.2. The van der Waals surface area contributed by atoms with Crippen LogP contribution in [0.1, 0.15) is 5.69 Å². The topological polar surface area (TPSA) is 64.9 Å². The van der Waals surface area contributed by atoms with Crippen LogP contribution in [-0.4, -0.2) is 9.97 Å². The number of thiazole rings is 1. The number of hydrogen-bond donors (Lipinski definition) is 1. The van der Waals surface area contributed by atoms with Crippen LogP contribution in [0, 0.1) is 6.92 Å². The van der Waals surface area contributed by atoms with E-state index >= 15 is 0 Å².